The van der Waals surface area contributed by atoms with Gasteiger partial charge < -0.3 is 25.0 Å². The van der Waals surface area contributed by atoms with Gasteiger partial charge in [0.2, 0.25) is 0 Å². The Balaban J connectivity index is 1.48. The first kappa shape index (κ1) is 19.7. The molecule has 0 radical (unpaired) electrons. The monoisotopic (exact) mass is 396 g/mol. The number of phenolic OH excluding ortho intramolecular Hbond substituents is 1. The van der Waals surface area contributed by atoms with Gasteiger partial charge in [-0.05, 0) is 43.7 Å². The Morgan fingerprint density at radius 1 is 1.14 bits per heavy atom. The number of hydrogen-bond acceptors (Lipinski definition) is 6. The maximum absolute atomic E-state index is 13.1. The highest BCUT2D eigenvalue weighted by atomic mass is 16.5. The first-order chi connectivity index (χ1) is 14.0. The molecule has 2 N–H and O–H groups in total. The predicted molar refractivity (Wildman–Crippen MR) is 111 cm³/mol. The lowest BCUT2D eigenvalue weighted by atomic mass is 10.0. The lowest BCUT2D eigenvalue weighted by Crippen LogP contribution is -2.48. The number of aromatic hydroxyl groups is 1. The molecule has 1 aromatic carbocycles. The van der Waals surface area contributed by atoms with Crippen molar-refractivity contribution in [3.63, 3.8) is 0 Å². The van der Waals surface area contributed by atoms with Gasteiger partial charge in [-0.15, -0.1) is 0 Å². The summed E-state index contributed by atoms with van der Waals surface area (Å²) in [7, 11) is 0. The molecule has 154 valence electrons. The van der Waals surface area contributed by atoms with Crippen molar-refractivity contribution in [1.82, 2.24) is 15.2 Å². The van der Waals surface area contributed by atoms with Crippen LogP contribution in [0.5, 0.6) is 5.75 Å². The zero-order valence-corrected chi connectivity index (χ0v) is 16.9. The summed E-state index contributed by atoms with van der Waals surface area (Å²) in [4.78, 5) is 21.6. The predicted octanol–water partition coefficient (Wildman–Crippen LogP) is 2.19. The Morgan fingerprint density at radius 2 is 1.86 bits per heavy atom. The molecule has 2 aliphatic heterocycles. The van der Waals surface area contributed by atoms with Gasteiger partial charge in [0, 0.05) is 50.6 Å². The van der Waals surface area contributed by atoms with Crippen LogP contribution >= 0.6 is 0 Å². The summed E-state index contributed by atoms with van der Waals surface area (Å²) in [6.45, 7) is 7.68. The Hall–Kier alpha value is -2.64. The van der Waals surface area contributed by atoms with Crippen molar-refractivity contribution in [3.8, 4) is 5.75 Å². The van der Waals surface area contributed by atoms with E-state index in [4.69, 9.17) is 4.74 Å². The Kier molecular flexibility index (Phi) is 5.69. The van der Waals surface area contributed by atoms with Gasteiger partial charge in [0.25, 0.3) is 5.91 Å². The molecule has 3 heterocycles. The lowest BCUT2D eigenvalue weighted by molar-refractivity contribution is -0.00522. The normalized spacial score (nSPS) is 25.1. The molecule has 29 heavy (non-hydrogen) atoms. The zero-order chi connectivity index (χ0) is 20.4. The maximum atomic E-state index is 13.1. The van der Waals surface area contributed by atoms with Crippen LogP contribution in [0.2, 0.25) is 0 Å². The highest BCUT2D eigenvalue weighted by Crippen LogP contribution is 2.23. The minimum atomic E-state index is -0.0496. The van der Waals surface area contributed by atoms with Gasteiger partial charge in [0.05, 0.1) is 12.2 Å². The van der Waals surface area contributed by atoms with Crippen molar-refractivity contribution in [2.75, 3.05) is 37.6 Å². The number of rotatable bonds is 3. The average Bonchev–Trinajstić information content (AvgIpc) is 2.73. The van der Waals surface area contributed by atoms with E-state index in [0.717, 1.165) is 30.9 Å². The SMILES string of the molecule is CC1CN(c2ccnc(C(=O)N3CCNC(c4ccc(O)cc4)C3)c2)CC(C)O1. The molecular formula is C22H28N4O3. The van der Waals surface area contributed by atoms with Crippen LogP contribution in [0.3, 0.4) is 0 Å². The molecule has 2 aliphatic rings. The lowest BCUT2D eigenvalue weighted by Gasteiger charge is -2.37. The molecule has 2 fully saturated rings. The Bertz CT molecular complexity index is 847. The van der Waals surface area contributed by atoms with Crippen molar-refractivity contribution in [3.05, 3.63) is 53.9 Å². The fourth-order valence-corrected chi connectivity index (χ4v) is 4.15. The van der Waals surface area contributed by atoms with Crippen molar-refractivity contribution in [2.24, 2.45) is 0 Å². The fourth-order valence-electron chi connectivity index (χ4n) is 4.15. The quantitative estimate of drug-likeness (QED) is 0.828. The molecule has 7 heteroatoms. The van der Waals surface area contributed by atoms with Crippen molar-refractivity contribution >= 4 is 11.6 Å². The first-order valence-corrected chi connectivity index (χ1v) is 10.2. The second-order valence-corrected chi connectivity index (χ2v) is 7.91. The zero-order valence-electron chi connectivity index (χ0n) is 16.9. The maximum Gasteiger partial charge on any atom is 0.272 e. The van der Waals surface area contributed by atoms with Gasteiger partial charge in [-0.2, -0.15) is 0 Å². The van der Waals surface area contributed by atoms with Crippen LogP contribution in [0.4, 0.5) is 5.69 Å². The minimum Gasteiger partial charge on any atom is -0.508 e. The van der Waals surface area contributed by atoms with Crippen LogP contribution in [0.25, 0.3) is 0 Å². The summed E-state index contributed by atoms with van der Waals surface area (Å²) in [5.74, 6) is 0.191. The van der Waals surface area contributed by atoms with Crippen LogP contribution < -0.4 is 10.2 Å². The molecule has 0 saturated carbocycles. The number of anilines is 1. The number of carbonyl (C=O) groups excluding carboxylic acids is 1. The molecule has 0 aliphatic carbocycles. The number of morpholine rings is 1. The van der Waals surface area contributed by atoms with Gasteiger partial charge in [-0.3, -0.25) is 9.78 Å². The third-order valence-corrected chi connectivity index (χ3v) is 5.51. The number of nitrogens with zero attached hydrogens (tertiary/aromatic N) is 3. The van der Waals surface area contributed by atoms with E-state index >= 15 is 0 Å². The molecule has 7 nitrogen and oxygen atoms in total. The van der Waals surface area contributed by atoms with Gasteiger partial charge in [0.15, 0.2) is 0 Å². The van der Waals surface area contributed by atoms with E-state index in [0.29, 0.717) is 18.8 Å². The second kappa shape index (κ2) is 8.39. The number of amides is 1. The summed E-state index contributed by atoms with van der Waals surface area (Å²) < 4.78 is 5.82. The van der Waals surface area contributed by atoms with E-state index in [1.54, 1.807) is 18.3 Å². The van der Waals surface area contributed by atoms with Crippen LogP contribution in [0.1, 0.15) is 35.9 Å². The van der Waals surface area contributed by atoms with E-state index in [9.17, 15) is 9.90 Å². The number of ether oxygens (including phenoxy) is 1. The molecule has 2 aromatic rings. The topological polar surface area (TPSA) is 77.9 Å². The van der Waals surface area contributed by atoms with E-state index < -0.39 is 0 Å². The van der Waals surface area contributed by atoms with Crippen molar-refractivity contribution in [2.45, 2.75) is 32.1 Å². The summed E-state index contributed by atoms with van der Waals surface area (Å²) in [6.07, 6.45) is 2.03. The Labute approximate surface area is 171 Å². The number of carbonyl (C=O) groups is 1. The van der Waals surface area contributed by atoms with Crippen LogP contribution in [-0.2, 0) is 4.74 Å². The first-order valence-electron chi connectivity index (χ1n) is 10.2. The van der Waals surface area contributed by atoms with E-state index in [1.165, 1.54) is 0 Å². The number of aromatic nitrogens is 1. The molecule has 1 amide bonds. The molecule has 0 spiro atoms. The van der Waals surface area contributed by atoms with Gasteiger partial charge in [0.1, 0.15) is 11.4 Å². The van der Waals surface area contributed by atoms with Crippen LogP contribution in [0, 0.1) is 0 Å². The van der Waals surface area contributed by atoms with Crippen molar-refractivity contribution in [1.29, 1.82) is 0 Å². The van der Waals surface area contributed by atoms with Crippen molar-refractivity contribution < 1.29 is 14.6 Å². The highest BCUT2D eigenvalue weighted by molar-refractivity contribution is 5.93. The number of nitrogens with one attached hydrogen (secondary N) is 1. The number of benzene rings is 1. The second-order valence-electron chi connectivity index (χ2n) is 7.91. The van der Waals surface area contributed by atoms with Gasteiger partial charge >= 0.3 is 0 Å². The molecule has 3 unspecified atom stereocenters. The highest BCUT2D eigenvalue weighted by Gasteiger charge is 2.27. The molecule has 0 bridgehead atoms. The fraction of sp³-hybridized carbons (Fsp3) is 0.455. The largest absolute Gasteiger partial charge is 0.508 e. The van der Waals surface area contributed by atoms with Crippen LogP contribution in [-0.4, -0.2) is 65.8 Å². The number of hydrogen-bond donors (Lipinski definition) is 2. The minimum absolute atomic E-state index is 0.0393. The number of pyridine rings is 1. The smallest absolute Gasteiger partial charge is 0.272 e. The third kappa shape index (κ3) is 4.52. The van der Waals surface area contributed by atoms with E-state index in [1.807, 2.05) is 29.2 Å². The molecule has 2 saturated heterocycles. The van der Waals surface area contributed by atoms with Gasteiger partial charge in [-0.25, -0.2) is 0 Å². The number of piperazine rings is 1. The molecule has 4 rings (SSSR count). The summed E-state index contributed by atoms with van der Waals surface area (Å²) in [5.41, 5.74) is 2.54. The van der Waals surface area contributed by atoms with E-state index in [2.05, 4.69) is 29.0 Å². The van der Waals surface area contributed by atoms with Crippen LogP contribution in [0.15, 0.2) is 42.6 Å². The Morgan fingerprint density at radius 3 is 2.59 bits per heavy atom. The summed E-state index contributed by atoms with van der Waals surface area (Å²) in [5, 5.41) is 13.0. The molecular weight excluding hydrogens is 368 g/mol. The standard InChI is InChI=1S/C22H28N4O3/c1-15-12-26(13-16(2)29-15)18-7-8-23-20(11-18)22(28)25-10-9-24-21(14-25)17-3-5-19(27)6-4-17/h3-8,11,15-16,21,24,27H,9-10,12-14H2,1-2H3. The average molecular weight is 396 g/mol. The van der Waals surface area contributed by atoms with E-state index in [-0.39, 0.29) is 29.9 Å². The molecule has 1 aromatic heterocycles. The van der Waals surface area contributed by atoms with Gasteiger partial charge in [-0.1, -0.05) is 12.1 Å². The summed E-state index contributed by atoms with van der Waals surface area (Å²) in [6, 6.07) is 11.0. The summed E-state index contributed by atoms with van der Waals surface area (Å²) >= 11 is 0. The molecule has 3 atom stereocenters. The third-order valence-electron chi connectivity index (χ3n) is 5.51. The number of phenols is 1.